The molecule has 1 aliphatic heterocycles. The Balaban J connectivity index is 0.000000357. The molecule has 2 heterocycles. The molecule has 6 nitrogen and oxygen atoms in total. The maximum atomic E-state index is 12.7. The predicted molar refractivity (Wildman–Crippen MR) is 132 cm³/mol. The van der Waals surface area contributed by atoms with E-state index in [-0.39, 0.29) is 11.1 Å². The zero-order valence-electron chi connectivity index (χ0n) is 19.1. The lowest BCUT2D eigenvalue weighted by atomic mass is 10.2. The quantitative estimate of drug-likeness (QED) is 0.323. The van der Waals surface area contributed by atoms with Crippen molar-refractivity contribution in [3.63, 3.8) is 0 Å². The second kappa shape index (κ2) is 13.2. The van der Waals surface area contributed by atoms with Gasteiger partial charge in [-0.3, -0.25) is 14.8 Å². The van der Waals surface area contributed by atoms with E-state index < -0.39 is 6.86 Å². The molecular weight excluding hydrogens is 441 g/mol. The van der Waals surface area contributed by atoms with Gasteiger partial charge in [-0.1, -0.05) is 42.1 Å². The standard InChI is InChI=1S/C18H22FN3OS.C7H6O2/c1-5-6-7-8-16(23-12-19)14(3)18-22(4)21-17(24-18)15-10-9-13(2)20-11-15;8-5-6-3-1-2-4-7(6)9/h5-11,18H,12H2,1-4H3;1-5,9H/b6-5-,8-7-,16-14-;. The van der Waals surface area contributed by atoms with Crippen molar-refractivity contribution in [2.75, 3.05) is 13.9 Å². The average molecular weight is 470 g/mol. The first kappa shape index (κ1) is 25.9. The van der Waals surface area contributed by atoms with Crippen LogP contribution in [0.15, 0.2) is 83.3 Å². The number of halogens is 1. The molecule has 1 atom stereocenters. The van der Waals surface area contributed by atoms with E-state index in [1.54, 1.807) is 36.0 Å². The molecule has 3 rings (SSSR count). The summed E-state index contributed by atoms with van der Waals surface area (Å²) in [5.74, 6) is 0.561. The number of alkyl halides is 1. The lowest BCUT2D eigenvalue weighted by molar-refractivity contribution is 0.112. The summed E-state index contributed by atoms with van der Waals surface area (Å²) in [5.41, 5.74) is 3.19. The van der Waals surface area contributed by atoms with Gasteiger partial charge < -0.3 is 9.84 Å². The number of benzene rings is 1. The van der Waals surface area contributed by atoms with Crippen molar-refractivity contribution >= 4 is 23.1 Å². The first-order chi connectivity index (χ1) is 15.9. The SMILES string of the molecule is C\C=C/C=C\C(OCF)=C(/C)C1SC(c2ccc(C)nc2)=NN1C.O=Cc1ccccc1O. The van der Waals surface area contributed by atoms with Crippen LogP contribution in [-0.4, -0.2) is 45.7 Å². The molecule has 0 spiro atoms. The second-order valence-electron chi connectivity index (χ2n) is 7.00. The van der Waals surface area contributed by atoms with Gasteiger partial charge in [0.1, 0.15) is 21.9 Å². The topological polar surface area (TPSA) is 75.0 Å². The Morgan fingerprint density at radius 3 is 2.61 bits per heavy atom. The fraction of sp³-hybridized carbons (Fsp3) is 0.240. The van der Waals surface area contributed by atoms with Gasteiger partial charge in [0.25, 0.3) is 0 Å². The van der Waals surface area contributed by atoms with Gasteiger partial charge in [-0.15, -0.1) is 0 Å². The first-order valence-corrected chi connectivity index (χ1v) is 11.1. The number of nitrogens with zero attached hydrogens (tertiary/aromatic N) is 3. The number of aldehydes is 1. The van der Waals surface area contributed by atoms with Crippen LogP contribution < -0.4 is 0 Å². The van der Waals surface area contributed by atoms with Gasteiger partial charge >= 0.3 is 0 Å². The molecule has 1 aromatic carbocycles. The highest BCUT2D eigenvalue weighted by Gasteiger charge is 2.29. The summed E-state index contributed by atoms with van der Waals surface area (Å²) in [6.07, 6.45) is 9.83. The van der Waals surface area contributed by atoms with E-state index in [1.807, 2.05) is 69.4 Å². The molecule has 2 aromatic rings. The summed E-state index contributed by atoms with van der Waals surface area (Å²) >= 11 is 1.60. The summed E-state index contributed by atoms with van der Waals surface area (Å²) in [5, 5.41) is 16.2. The molecule has 1 aliphatic rings. The Labute approximate surface area is 198 Å². The number of para-hydroxylation sites is 1. The van der Waals surface area contributed by atoms with Crippen molar-refractivity contribution in [1.82, 2.24) is 9.99 Å². The Morgan fingerprint density at radius 2 is 2.03 bits per heavy atom. The van der Waals surface area contributed by atoms with E-state index in [1.165, 1.54) is 6.07 Å². The zero-order valence-corrected chi connectivity index (χ0v) is 19.9. The van der Waals surface area contributed by atoms with Crippen LogP contribution in [0.5, 0.6) is 5.75 Å². The summed E-state index contributed by atoms with van der Waals surface area (Å²) in [6, 6.07) is 10.4. The van der Waals surface area contributed by atoms with Gasteiger partial charge in [-0.05, 0) is 51.1 Å². The number of phenolic OH excluding ortho intramolecular Hbond substituents is 1. The van der Waals surface area contributed by atoms with Gasteiger partial charge in [-0.2, -0.15) is 5.10 Å². The van der Waals surface area contributed by atoms with Crippen LogP contribution in [-0.2, 0) is 4.74 Å². The molecule has 1 N–H and O–H groups in total. The highest BCUT2D eigenvalue weighted by atomic mass is 32.2. The number of rotatable bonds is 7. The fourth-order valence-electron chi connectivity index (χ4n) is 2.81. The molecule has 1 aromatic heterocycles. The number of allylic oxidation sites excluding steroid dienone is 4. The number of hydrazone groups is 1. The van der Waals surface area contributed by atoms with Crippen LogP contribution in [0.25, 0.3) is 0 Å². The molecule has 174 valence electrons. The third kappa shape index (κ3) is 7.61. The van der Waals surface area contributed by atoms with Crippen molar-refractivity contribution in [3.05, 3.63) is 95.1 Å². The van der Waals surface area contributed by atoms with Crippen molar-refractivity contribution in [1.29, 1.82) is 0 Å². The minimum Gasteiger partial charge on any atom is -0.507 e. The molecule has 0 saturated carbocycles. The lowest BCUT2D eigenvalue weighted by Crippen LogP contribution is -2.22. The van der Waals surface area contributed by atoms with Crippen LogP contribution in [0.2, 0.25) is 0 Å². The first-order valence-electron chi connectivity index (χ1n) is 10.2. The van der Waals surface area contributed by atoms with E-state index in [0.29, 0.717) is 17.6 Å². The van der Waals surface area contributed by atoms with Crippen molar-refractivity contribution < 1.29 is 19.0 Å². The van der Waals surface area contributed by atoms with Gasteiger partial charge in [0.15, 0.2) is 6.29 Å². The molecular formula is C25H28FN3O3S. The van der Waals surface area contributed by atoms with Crippen LogP contribution >= 0.6 is 11.8 Å². The number of carbonyl (C=O) groups is 1. The fourth-order valence-corrected chi connectivity index (χ4v) is 3.94. The predicted octanol–water partition coefficient (Wildman–Crippen LogP) is 5.61. The summed E-state index contributed by atoms with van der Waals surface area (Å²) < 4.78 is 17.9. The maximum absolute atomic E-state index is 12.7. The largest absolute Gasteiger partial charge is 0.507 e. The van der Waals surface area contributed by atoms with Crippen LogP contribution in [0.1, 0.15) is 35.5 Å². The smallest absolute Gasteiger partial charge is 0.228 e. The number of hydrogen-bond acceptors (Lipinski definition) is 7. The zero-order chi connectivity index (χ0) is 24.2. The summed E-state index contributed by atoms with van der Waals surface area (Å²) in [6.45, 7) is 4.95. The molecule has 0 aliphatic carbocycles. The van der Waals surface area contributed by atoms with Crippen LogP contribution in [0.4, 0.5) is 4.39 Å². The van der Waals surface area contributed by atoms with Gasteiger partial charge in [0.2, 0.25) is 6.86 Å². The van der Waals surface area contributed by atoms with E-state index in [0.717, 1.165) is 21.9 Å². The third-order valence-corrected chi connectivity index (χ3v) is 5.98. The number of thioether (sulfide) groups is 1. The molecule has 0 saturated heterocycles. The number of carbonyl (C=O) groups excluding carboxylic acids is 1. The molecule has 0 bridgehead atoms. The van der Waals surface area contributed by atoms with Gasteiger partial charge in [-0.25, -0.2) is 4.39 Å². The van der Waals surface area contributed by atoms with Crippen LogP contribution in [0, 0.1) is 6.92 Å². The number of ether oxygens (including phenoxy) is 1. The van der Waals surface area contributed by atoms with Crippen LogP contribution in [0.3, 0.4) is 0 Å². The number of aryl methyl sites for hydroxylation is 1. The molecule has 33 heavy (non-hydrogen) atoms. The summed E-state index contributed by atoms with van der Waals surface area (Å²) in [7, 11) is 1.90. The second-order valence-corrected chi connectivity index (χ2v) is 8.07. The normalized spacial score (nSPS) is 16.3. The van der Waals surface area contributed by atoms with Crippen molar-refractivity contribution in [2.24, 2.45) is 5.10 Å². The Bertz CT molecular complexity index is 1050. The Morgan fingerprint density at radius 1 is 1.27 bits per heavy atom. The molecule has 0 fully saturated rings. The van der Waals surface area contributed by atoms with Crippen molar-refractivity contribution in [3.8, 4) is 5.75 Å². The van der Waals surface area contributed by atoms with E-state index in [2.05, 4.69) is 10.1 Å². The summed E-state index contributed by atoms with van der Waals surface area (Å²) in [4.78, 5) is 14.4. The number of likely N-dealkylation sites (N-methyl/N-ethyl adjacent to an activating group) is 1. The van der Waals surface area contributed by atoms with Gasteiger partial charge in [0, 0.05) is 30.1 Å². The Hall–Kier alpha value is -3.39. The average Bonchev–Trinajstić information content (AvgIpc) is 3.21. The molecule has 1 unspecified atom stereocenters. The number of pyridine rings is 1. The monoisotopic (exact) mass is 469 g/mol. The number of aromatic hydroxyl groups is 1. The van der Waals surface area contributed by atoms with E-state index in [4.69, 9.17) is 9.84 Å². The highest BCUT2D eigenvalue weighted by Crippen LogP contribution is 2.34. The Kier molecular flexibility index (Phi) is 10.4. The number of phenols is 1. The third-order valence-electron chi connectivity index (χ3n) is 4.55. The van der Waals surface area contributed by atoms with E-state index in [9.17, 15) is 9.18 Å². The molecule has 0 amide bonds. The molecule has 0 radical (unpaired) electrons. The minimum atomic E-state index is -0.858. The number of aromatic nitrogens is 1. The number of hydrogen-bond donors (Lipinski definition) is 1. The van der Waals surface area contributed by atoms with E-state index >= 15 is 0 Å². The highest BCUT2D eigenvalue weighted by molar-refractivity contribution is 8.15. The van der Waals surface area contributed by atoms with Gasteiger partial charge in [0.05, 0.1) is 5.56 Å². The van der Waals surface area contributed by atoms with Crippen molar-refractivity contribution in [2.45, 2.75) is 26.1 Å². The maximum Gasteiger partial charge on any atom is 0.228 e. The minimum absolute atomic E-state index is 0.0347. The lowest BCUT2D eigenvalue weighted by Gasteiger charge is -2.20. The molecule has 8 heteroatoms.